The maximum Gasteiger partial charge on any atom is 0.335 e. The van der Waals surface area contributed by atoms with Gasteiger partial charge in [0.15, 0.2) is 0 Å². The highest BCUT2D eigenvalue weighted by Crippen LogP contribution is 2.36. The number of thiazole rings is 1. The molecule has 1 aliphatic carbocycles. The molecule has 2 aromatic carbocycles. The third-order valence-corrected chi connectivity index (χ3v) is 6.42. The lowest BCUT2D eigenvalue weighted by Gasteiger charge is -2.09. The molecule has 0 unspecified atom stereocenters. The van der Waals surface area contributed by atoms with E-state index in [1.807, 2.05) is 12.1 Å². The molecule has 0 saturated carbocycles. The summed E-state index contributed by atoms with van der Waals surface area (Å²) in [5.41, 5.74) is 3.81. The number of aromatic nitrogens is 1. The number of nitrogens with zero attached hydrogens (tertiary/aromatic N) is 1. The Hall–Kier alpha value is -2.96. The van der Waals surface area contributed by atoms with E-state index in [2.05, 4.69) is 28.5 Å². The Kier molecular flexibility index (Phi) is 5.97. The zero-order valence-electron chi connectivity index (χ0n) is 16.0. The summed E-state index contributed by atoms with van der Waals surface area (Å²) in [5, 5.41) is 13.2. The van der Waals surface area contributed by atoms with Crippen molar-refractivity contribution in [3.63, 3.8) is 0 Å². The lowest BCUT2D eigenvalue weighted by Crippen LogP contribution is -2.24. The summed E-state index contributed by atoms with van der Waals surface area (Å²) < 4.78 is 0.881. The number of benzene rings is 2. The van der Waals surface area contributed by atoms with Crippen LogP contribution >= 0.6 is 22.9 Å². The van der Waals surface area contributed by atoms with Gasteiger partial charge in [0.25, 0.3) is 0 Å². The number of carboxylic acid groups (broad SMARTS) is 1. The van der Waals surface area contributed by atoms with E-state index in [9.17, 15) is 9.59 Å². The highest BCUT2D eigenvalue weighted by atomic mass is 35.5. The molecule has 7 heteroatoms. The SMILES string of the molecule is O=C(Cc1nc2ccc(C3=CCCC=C3)c(Cl)c2s1)NCc1cccc(C(=O)O)c1. The van der Waals surface area contributed by atoms with Crippen LogP contribution in [0.4, 0.5) is 0 Å². The van der Waals surface area contributed by atoms with E-state index in [0.717, 1.165) is 39.8 Å². The van der Waals surface area contributed by atoms with Crippen molar-refractivity contribution < 1.29 is 14.7 Å². The fourth-order valence-corrected chi connectivity index (χ4v) is 4.72. The molecule has 0 atom stereocenters. The maximum atomic E-state index is 12.4. The molecule has 0 radical (unpaired) electrons. The van der Waals surface area contributed by atoms with Crippen LogP contribution in [0.2, 0.25) is 5.02 Å². The van der Waals surface area contributed by atoms with Crippen molar-refractivity contribution >= 4 is 50.6 Å². The number of carbonyl (C=O) groups excluding carboxylic acids is 1. The Morgan fingerprint density at radius 3 is 2.83 bits per heavy atom. The van der Waals surface area contributed by atoms with Crippen molar-refractivity contribution in [2.45, 2.75) is 25.8 Å². The first-order valence-corrected chi connectivity index (χ1v) is 10.7. The van der Waals surface area contributed by atoms with Crippen LogP contribution < -0.4 is 5.32 Å². The van der Waals surface area contributed by atoms with Gasteiger partial charge < -0.3 is 10.4 Å². The number of nitrogens with one attached hydrogen (secondary N) is 1. The Bertz CT molecular complexity index is 1200. The first-order chi connectivity index (χ1) is 14.5. The first-order valence-electron chi connectivity index (χ1n) is 9.55. The normalized spacial score (nSPS) is 13.3. The van der Waals surface area contributed by atoms with E-state index in [1.165, 1.54) is 17.4 Å². The summed E-state index contributed by atoms with van der Waals surface area (Å²) in [6.07, 6.45) is 8.61. The Morgan fingerprint density at radius 2 is 2.07 bits per heavy atom. The molecule has 3 aromatic rings. The molecular formula is C23H19ClN2O3S. The number of carboxylic acids is 1. The minimum absolute atomic E-state index is 0.145. The van der Waals surface area contributed by atoms with Crippen molar-refractivity contribution in [1.82, 2.24) is 10.3 Å². The molecule has 0 fully saturated rings. The quantitative estimate of drug-likeness (QED) is 0.551. The van der Waals surface area contributed by atoms with Crippen LogP contribution in [0.1, 0.15) is 39.3 Å². The number of hydrogen-bond acceptors (Lipinski definition) is 4. The summed E-state index contributed by atoms with van der Waals surface area (Å²) in [6, 6.07) is 10.4. The second-order valence-electron chi connectivity index (χ2n) is 6.98. The van der Waals surface area contributed by atoms with Crippen LogP contribution in [0, 0.1) is 0 Å². The summed E-state index contributed by atoms with van der Waals surface area (Å²) in [7, 11) is 0. The molecule has 4 rings (SSSR count). The number of allylic oxidation sites excluding steroid dienone is 4. The molecule has 1 heterocycles. The van der Waals surface area contributed by atoms with Gasteiger partial charge in [0.2, 0.25) is 5.91 Å². The second-order valence-corrected chi connectivity index (χ2v) is 8.44. The summed E-state index contributed by atoms with van der Waals surface area (Å²) in [4.78, 5) is 28.0. The van der Waals surface area contributed by atoms with E-state index in [1.54, 1.807) is 18.2 Å². The van der Waals surface area contributed by atoms with Gasteiger partial charge >= 0.3 is 5.97 Å². The molecule has 2 N–H and O–H groups in total. The highest BCUT2D eigenvalue weighted by Gasteiger charge is 2.15. The predicted octanol–water partition coefficient (Wildman–Crippen LogP) is 5.24. The van der Waals surface area contributed by atoms with Crippen molar-refractivity contribution in [3.8, 4) is 0 Å². The Labute approximate surface area is 182 Å². The largest absolute Gasteiger partial charge is 0.478 e. The minimum Gasteiger partial charge on any atom is -0.478 e. The zero-order valence-corrected chi connectivity index (χ0v) is 17.6. The summed E-state index contributed by atoms with van der Waals surface area (Å²) in [6.45, 7) is 0.260. The van der Waals surface area contributed by atoms with Crippen LogP contribution in [0.15, 0.2) is 54.6 Å². The number of rotatable bonds is 6. The van der Waals surface area contributed by atoms with Gasteiger partial charge in [-0.3, -0.25) is 4.79 Å². The number of carbonyl (C=O) groups is 2. The third-order valence-electron chi connectivity index (χ3n) is 4.82. The fraction of sp³-hybridized carbons (Fsp3) is 0.174. The lowest BCUT2D eigenvalue weighted by molar-refractivity contribution is -0.120. The van der Waals surface area contributed by atoms with Crippen molar-refractivity contribution in [2.75, 3.05) is 0 Å². The molecule has 1 aliphatic rings. The average Bonchev–Trinajstić information content (AvgIpc) is 3.17. The van der Waals surface area contributed by atoms with Crippen LogP contribution in [0.5, 0.6) is 0 Å². The van der Waals surface area contributed by atoms with Gasteiger partial charge in [0, 0.05) is 12.1 Å². The number of hydrogen-bond donors (Lipinski definition) is 2. The van der Waals surface area contributed by atoms with E-state index in [-0.39, 0.29) is 24.4 Å². The second kappa shape index (κ2) is 8.81. The first kappa shape index (κ1) is 20.3. The highest BCUT2D eigenvalue weighted by molar-refractivity contribution is 7.19. The van der Waals surface area contributed by atoms with Gasteiger partial charge in [-0.05, 0) is 42.2 Å². The molecule has 0 spiro atoms. The van der Waals surface area contributed by atoms with Crippen LogP contribution in [-0.4, -0.2) is 22.0 Å². The van der Waals surface area contributed by atoms with Crippen molar-refractivity contribution in [3.05, 3.63) is 81.3 Å². The average molecular weight is 439 g/mol. The van der Waals surface area contributed by atoms with Gasteiger partial charge in [-0.15, -0.1) is 11.3 Å². The van der Waals surface area contributed by atoms with E-state index >= 15 is 0 Å². The lowest BCUT2D eigenvalue weighted by atomic mass is 9.99. The minimum atomic E-state index is -0.992. The van der Waals surface area contributed by atoms with Crippen LogP contribution in [0.3, 0.4) is 0 Å². The van der Waals surface area contributed by atoms with Gasteiger partial charge in [-0.2, -0.15) is 0 Å². The number of halogens is 1. The Morgan fingerprint density at radius 1 is 1.20 bits per heavy atom. The topological polar surface area (TPSA) is 79.3 Å². The monoisotopic (exact) mass is 438 g/mol. The standard InChI is InChI=1S/C23H19ClN2O3S/c24-21-17(15-6-2-1-3-7-15)9-10-18-22(21)30-20(26-18)12-19(27)25-13-14-5-4-8-16(11-14)23(28)29/h2,4-11H,1,3,12-13H2,(H,25,27)(H,28,29). The molecule has 1 amide bonds. The van der Waals surface area contributed by atoms with Gasteiger partial charge in [0.1, 0.15) is 5.01 Å². The van der Waals surface area contributed by atoms with Crippen LogP contribution in [-0.2, 0) is 17.8 Å². The van der Waals surface area contributed by atoms with Crippen LogP contribution in [0.25, 0.3) is 15.8 Å². The maximum absolute atomic E-state index is 12.4. The number of fused-ring (bicyclic) bond motifs is 1. The smallest absolute Gasteiger partial charge is 0.335 e. The predicted molar refractivity (Wildman–Crippen MR) is 120 cm³/mol. The van der Waals surface area contributed by atoms with E-state index < -0.39 is 5.97 Å². The molecule has 152 valence electrons. The van der Waals surface area contributed by atoms with E-state index in [0.29, 0.717) is 10.0 Å². The molecule has 30 heavy (non-hydrogen) atoms. The molecule has 0 aliphatic heterocycles. The summed E-state index contributed by atoms with van der Waals surface area (Å²) in [5.74, 6) is -1.17. The fourth-order valence-electron chi connectivity index (χ4n) is 3.33. The third kappa shape index (κ3) is 4.45. The van der Waals surface area contributed by atoms with Gasteiger partial charge in [-0.25, -0.2) is 9.78 Å². The summed E-state index contributed by atoms with van der Waals surface area (Å²) >= 11 is 8.08. The van der Waals surface area contributed by atoms with E-state index in [4.69, 9.17) is 16.7 Å². The Balaban J connectivity index is 1.46. The number of aromatic carboxylic acids is 1. The van der Waals surface area contributed by atoms with Gasteiger partial charge in [-0.1, -0.05) is 48.0 Å². The molecule has 0 saturated heterocycles. The van der Waals surface area contributed by atoms with Gasteiger partial charge in [0.05, 0.1) is 27.2 Å². The molecular weight excluding hydrogens is 420 g/mol. The molecule has 5 nitrogen and oxygen atoms in total. The number of amides is 1. The molecule has 0 bridgehead atoms. The molecule has 1 aromatic heterocycles. The van der Waals surface area contributed by atoms with Crippen molar-refractivity contribution in [2.24, 2.45) is 0 Å². The zero-order chi connectivity index (χ0) is 21.1. The van der Waals surface area contributed by atoms with Crippen molar-refractivity contribution in [1.29, 1.82) is 0 Å².